The van der Waals surface area contributed by atoms with Gasteiger partial charge in [0, 0.05) is 6.54 Å². The van der Waals surface area contributed by atoms with Gasteiger partial charge in [-0.1, -0.05) is 44.0 Å². The summed E-state index contributed by atoms with van der Waals surface area (Å²) in [5.74, 6) is -3.25. The Bertz CT molecular complexity index is 910. The van der Waals surface area contributed by atoms with Crippen LogP contribution in [0.4, 0.5) is 0 Å². The van der Waals surface area contributed by atoms with E-state index in [0.717, 1.165) is 6.29 Å². The summed E-state index contributed by atoms with van der Waals surface area (Å²) in [6, 6.07) is 0. The second kappa shape index (κ2) is 14.2. The highest BCUT2D eigenvalue weighted by atomic mass is 79.9. The maximum absolute atomic E-state index is 12.9. The Kier molecular flexibility index (Phi) is 12.1. The van der Waals surface area contributed by atoms with E-state index in [9.17, 15) is 24.0 Å². The molecule has 2 heterocycles. The molecule has 1 fully saturated rings. The van der Waals surface area contributed by atoms with E-state index in [1.165, 1.54) is 6.92 Å². The van der Waals surface area contributed by atoms with Crippen molar-refractivity contribution in [2.45, 2.75) is 61.9 Å². The SMILES string of the molecule is CC(C)(Br)C(=O)OCC(C)(COC(=O)C(C)(C)Br)C(=O)OCCOCCNC(=O)[C@H]1C2CC=CC(O2)[C@H]1C=O. The Hall–Kier alpha value is -1.83. The fourth-order valence-electron chi connectivity index (χ4n) is 3.84. The van der Waals surface area contributed by atoms with E-state index < -0.39 is 43.8 Å². The molecule has 11 nitrogen and oxygen atoms in total. The van der Waals surface area contributed by atoms with Crippen molar-refractivity contribution in [3.63, 3.8) is 0 Å². The summed E-state index contributed by atoms with van der Waals surface area (Å²) in [5.41, 5.74) is -1.46. The normalized spacial score (nSPS) is 22.6. The third-order valence-electron chi connectivity index (χ3n) is 6.19. The van der Waals surface area contributed by atoms with Gasteiger partial charge < -0.3 is 33.8 Å². The molecule has 2 unspecified atom stereocenters. The number of fused-ring (bicyclic) bond motifs is 2. The first-order valence-corrected chi connectivity index (χ1v) is 14.2. The van der Waals surface area contributed by atoms with Crippen molar-refractivity contribution in [1.82, 2.24) is 5.32 Å². The number of rotatable bonds is 15. The molecule has 2 aliphatic heterocycles. The third-order valence-corrected chi connectivity index (χ3v) is 6.84. The number of ether oxygens (including phenoxy) is 5. The highest BCUT2D eigenvalue weighted by molar-refractivity contribution is 9.10. The lowest BCUT2D eigenvalue weighted by Crippen LogP contribution is -2.43. The van der Waals surface area contributed by atoms with Gasteiger partial charge in [0.15, 0.2) is 0 Å². The predicted molar refractivity (Wildman–Crippen MR) is 146 cm³/mol. The van der Waals surface area contributed by atoms with Crippen molar-refractivity contribution in [2.75, 3.05) is 39.6 Å². The van der Waals surface area contributed by atoms with Crippen LogP contribution in [0.3, 0.4) is 0 Å². The first-order chi connectivity index (χ1) is 18.1. The van der Waals surface area contributed by atoms with Crippen LogP contribution in [0.2, 0.25) is 0 Å². The van der Waals surface area contributed by atoms with E-state index in [1.807, 2.05) is 12.2 Å². The Morgan fingerprint density at radius 3 is 2.05 bits per heavy atom. The zero-order chi connectivity index (χ0) is 29.4. The summed E-state index contributed by atoms with van der Waals surface area (Å²) in [5, 5.41) is 2.76. The molecule has 0 aromatic carbocycles. The van der Waals surface area contributed by atoms with Crippen LogP contribution in [0.15, 0.2) is 12.2 Å². The minimum absolute atomic E-state index is 0.0399. The van der Waals surface area contributed by atoms with Crippen LogP contribution in [0.25, 0.3) is 0 Å². The maximum atomic E-state index is 12.9. The number of nitrogens with one attached hydrogen (secondary N) is 1. The van der Waals surface area contributed by atoms with Crippen molar-refractivity contribution in [3.8, 4) is 0 Å². The molecule has 0 spiro atoms. The van der Waals surface area contributed by atoms with Crippen LogP contribution in [0, 0.1) is 17.3 Å². The van der Waals surface area contributed by atoms with Crippen molar-refractivity contribution < 1.29 is 47.7 Å². The summed E-state index contributed by atoms with van der Waals surface area (Å²) >= 11 is 6.41. The number of alkyl halides is 2. The molecule has 2 rings (SSSR count). The Balaban J connectivity index is 1.78. The summed E-state index contributed by atoms with van der Waals surface area (Å²) < 4.78 is 25.1. The standard InChI is InChI=1S/C26H37Br2NO10/c1-24(2,27)21(32)37-14-26(5,15-38-22(33)25(3,4)28)23(34)36-12-11-35-10-9-29-20(31)19-16(13-30)17-7-6-8-18(19)39-17/h6-7,13,16-19H,8-12,14-15H2,1-5H3,(H,29,31)/t16-,17?,18?,19-/m1/s1. The van der Waals surface area contributed by atoms with Gasteiger partial charge in [0.2, 0.25) is 5.91 Å². The molecular formula is C26H37Br2NO10. The van der Waals surface area contributed by atoms with E-state index in [2.05, 4.69) is 37.2 Å². The molecule has 0 aliphatic carbocycles. The first kappa shape index (κ1) is 33.4. The molecule has 4 atom stereocenters. The van der Waals surface area contributed by atoms with Crippen LogP contribution >= 0.6 is 31.9 Å². The largest absolute Gasteiger partial charge is 0.463 e. The second-order valence-corrected chi connectivity index (χ2v) is 14.7. The zero-order valence-corrected chi connectivity index (χ0v) is 26.0. The van der Waals surface area contributed by atoms with Crippen LogP contribution in [0.5, 0.6) is 0 Å². The van der Waals surface area contributed by atoms with Crippen LogP contribution < -0.4 is 5.32 Å². The number of carbonyl (C=O) groups is 5. The van der Waals surface area contributed by atoms with E-state index in [-0.39, 0.29) is 57.7 Å². The quantitative estimate of drug-likeness (QED) is 0.0682. The monoisotopic (exact) mass is 681 g/mol. The average Bonchev–Trinajstić information content (AvgIpc) is 3.11. The van der Waals surface area contributed by atoms with Gasteiger partial charge in [-0.15, -0.1) is 0 Å². The third kappa shape index (κ3) is 9.65. The van der Waals surface area contributed by atoms with Crippen LogP contribution in [-0.2, 0) is 47.7 Å². The van der Waals surface area contributed by atoms with Gasteiger partial charge in [0.1, 0.15) is 40.2 Å². The molecule has 1 amide bonds. The topological polar surface area (TPSA) is 144 Å². The highest BCUT2D eigenvalue weighted by Crippen LogP contribution is 2.37. The molecule has 220 valence electrons. The lowest BCUT2D eigenvalue weighted by molar-refractivity contribution is -0.172. The number of hydrogen-bond acceptors (Lipinski definition) is 10. The number of halogens is 2. The molecule has 0 saturated carbocycles. The molecule has 1 saturated heterocycles. The van der Waals surface area contributed by atoms with Gasteiger partial charge in [-0.2, -0.15) is 0 Å². The minimum atomic E-state index is -1.46. The van der Waals surface area contributed by atoms with E-state index in [4.69, 9.17) is 23.7 Å². The summed E-state index contributed by atoms with van der Waals surface area (Å²) in [7, 11) is 0. The number of carbonyl (C=O) groups excluding carboxylic acids is 5. The Morgan fingerprint density at radius 1 is 0.923 bits per heavy atom. The fraction of sp³-hybridized carbons (Fsp3) is 0.731. The number of hydrogen-bond donors (Lipinski definition) is 1. The second-order valence-electron chi connectivity index (χ2n) is 10.7. The number of aldehydes is 1. The van der Waals surface area contributed by atoms with Crippen molar-refractivity contribution >= 4 is 62.0 Å². The van der Waals surface area contributed by atoms with Crippen LogP contribution in [-0.4, -0.2) is 90.5 Å². The van der Waals surface area contributed by atoms with Crippen molar-refractivity contribution in [2.24, 2.45) is 17.3 Å². The molecular weight excluding hydrogens is 646 g/mol. The average molecular weight is 683 g/mol. The van der Waals surface area contributed by atoms with Gasteiger partial charge >= 0.3 is 17.9 Å². The first-order valence-electron chi connectivity index (χ1n) is 12.6. The highest BCUT2D eigenvalue weighted by Gasteiger charge is 2.48. The fourth-order valence-corrected chi connectivity index (χ4v) is 4.07. The van der Waals surface area contributed by atoms with Gasteiger partial charge in [0.05, 0.1) is 37.3 Å². The molecule has 0 aromatic heterocycles. The number of amides is 1. The molecule has 13 heteroatoms. The van der Waals surface area contributed by atoms with Crippen molar-refractivity contribution in [1.29, 1.82) is 0 Å². The molecule has 2 aliphatic rings. The van der Waals surface area contributed by atoms with Gasteiger partial charge in [-0.3, -0.25) is 19.2 Å². The molecule has 0 aromatic rings. The van der Waals surface area contributed by atoms with E-state index in [1.54, 1.807) is 27.7 Å². The lowest BCUT2D eigenvalue weighted by atomic mass is 9.88. The lowest BCUT2D eigenvalue weighted by Gasteiger charge is -2.28. The summed E-state index contributed by atoms with van der Waals surface area (Å²) in [6.45, 7) is 7.42. The number of esters is 3. The Labute approximate surface area is 245 Å². The van der Waals surface area contributed by atoms with Gasteiger partial charge in [0.25, 0.3) is 0 Å². The maximum Gasteiger partial charge on any atom is 0.322 e. The predicted octanol–water partition coefficient (Wildman–Crippen LogP) is 2.26. The van der Waals surface area contributed by atoms with Gasteiger partial charge in [-0.05, 0) is 41.0 Å². The zero-order valence-electron chi connectivity index (χ0n) is 22.8. The van der Waals surface area contributed by atoms with E-state index >= 15 is 0 Å². The van der Waals surface area contributed by atoms with Crippen LogP contribution in [0.1, 0.15) is 41.0 Å². The summed E-state index contributed by atoms with van der Waals surface area (Å²) in [4.78, 5) is 61.3. The minimum Gasteiger partial charge on any atom is -0.463 e. The molecule has 1 N–H and O–H groups in total. The Morgan fingerprint density at radius 2 is 1.51 bits per heavy atom. The van der Waals surface area contributed by atoms with E-state index in [0.29, 0.717) is 6.42 Å². The summed E-state index contributed by atoms with van der Waals surface area (Å²) in [6.07, 6.45) is 4.42. The smallest absolute Gasteiger partial charge is 0.322 e. The van der Waals surface area contributed by atoms with Gasteiger partial charge in [-0.25, -0.2) is 0 Å². The van der Waals surface area contributed by atoms with Crippen molar-refractivity contribution in [3.05, 3.63) is 12.2 Å². The molecule has 2 bridgehead atoms. The molecule has 39 heavy (non-hydrogen) atoms. The molecule has 0 radical (unpaired) electrons.